The van der Waals surface area contributed by atoms with Crippen LogP contribution in [0.1, 0.15) is 5.69 Å². The molecular formula is C21H20N4O2S2. The highest BCUT2D eigenvalue weighted by Gasteiger charge is 2.16. The Kier molecular flexibility index (Phi) is 5.82. The Balaban J connectivity index is 1.65. The van der Waals surface area contributed by atoms with Crippen molar-refractivity contribution in [3.8, 4) is 22.8 Å². The molecule has 6 nitrogen and oxygen atoms in total. The third-order valence-corrected chi connectivity index (χ3v) is 6.31. The average Bonchev–Trinajstić information content (AvgIpc) is 3.32. The van der Waals surface area contributed by atoms with E-state index in [2.05, 4.69) is 14.8 Å². The lowest BCUT2D eigenvalue weighted by Gasteiger charge is -2.11. The van der Waals surface area contributed by atoms with Crippen LogP contribution in [-0.4, -0.2) is 32.2 Å². The van der Waals surface area contributed by atoms with Crippen molar-refractivity contribution >= 4 is 23.1 Å². The molecule has 0 unspecified atom stereocenters. The molecule has 0 radical (unpaired) electrons. The first-order valence-corrected chi connectivity index (χ1v) is 11.0. The second-order valence-corrected chi connectivity index (χ2v) is 8.23. The molecule has 0 aliphatic heterocycles. The SMILES string of the molecule is COc1ccc(-c2nnc(SCCn3c(C)csc3=O)n2-c2ccccc2)cc1. The van der Waals surface area contributed by atoms with Gasteiger partial charge in [-0.05, 0) is 43.3 Å². The molecular weight excluding hydrogens is 404 g/mol. The summed E-state index contributed by atoms with van der Waals surface area (Å²) in [6, 6.07) is 17.8. The maximum absolute atomic E-state index is 11.9. The predicted octanol–water partition coefficient (Wildman–Crippen LogP) is 4.27. The van der Waals surface area contributed by atoms with Crippen LogP contribution in [-0.2, 0) is 6.54 Å². The Bertz CT molecular complexity index is 1150. The summed E-state index contributed by atoms with van der Waals surface area (Å²) in [5.41, 5.74) is 2.94. The molecule has 0 atom stereocenters. The second kappa shape index (κ2) is 8.67. The van der Waals surface area contributed by atoms with Gasteiger partial charge in [-0.15, -0.1) is 10.2 Å². The van der Waals surface area contributed by atoms with Gasteiger partial charge in [0.1, 0.15) is 5.75 Å². The van der Waals surface area contributed by atoms with Gasteiger partial charge in [-0.25, -0.2) is 0 Å². The van der Waals surface area contributed by atoms with E-state index < -0.39 is 0 Å². The number of thioether (sulfide) groups is 1. The lowest BCUT2D eigenvalue weighted by atomic mass is 10.2. The molecule has 0 fully saturated rings. The third kappa shape index (κ3) is 4.13. The summed E-state index contributed by atoms with van der Waals surface area (Å²) < 4.78 is 9.11. The smallest absolute Gasteiger partial charge is 0.307 e. The molecule has 0 aliphatic rings. The molecule has 4 rings (SSSR count). The minimum atomic E-state index is 0.0755. The van der Waals surface area contributed by atoms with Gasteiger partial charge >= 0.3 is 4.87 Å². The Morgan fingerprint density at radius 1 is 1.07 bits per heavy atom. The number of ether oxygens (including phenoxy) is 1. The van der Waals surface area contributed by atoms with Crippen LogP contribution in [0.15, 0.2) is 69.9 Å². The highest BCUT2D eigenvalue weighted by molar-refractivity contribution is 7.99. The van der Waals surface area contributed by atoms with Gasteiger partial charge in [-0.1, -0.05) is 41.3 Å². The fraction of sp³-hybridized carbons (Fsp3) is 0.190. The Labute approximate surface area is 176 Å². The van der Waals surface area contributed by atoms with Gasteiger partial charge in [-0.3, -0.25) is 9.36 Å². The molecule has 29 heavy (non-hydrogen) atoms. The maximum Gasteiger partial charge on any atom is 0.307 e. The van der Waals surface area contributed by atoms with Crippen molar-refractivity contribution in [2.45, 2.75) is 18.6 Å². The first kappa shape index (κ1) is 19.5. The number of para-hydroxylation sites is 1. The molecule has 0 bridgehead atoms. The summed E-state index contributed by atoms with van der Waals surface area (Å²) >= 11 is 2.83. The van der Waals surface area contributed by atoms with E-state index in [4.69, 9.17) is 4.74 Å². The van der Waals surface area contributed by atoms with E-state index in [0.29, 0.717) is 6.54 Å². The summed E-state index contributed by atoms with van der Waals surface area (Å²) in [5.74, 6) is 2.29. The van der Waals surface area contributed by atoms with E-state index in [1.807, 2.05) is 66.9 Å². The molecule has 0 N–H and O–H groups in total. The van der Waals surface area contributed by atoms with Crippen LogP contribution < -0.4 is 9.61 Å². The van der Waals surface area contributed by atoms with Crippen molar-refractivity contribution in [1.29, 1.82) is 0 Å². The van der Waals surface area contributed by atoms with E-state index in [1.54, 1.807) is 23.4 Å². The highest BCUT2D eigenvalue weighted by Crippen LogP contribution is 2.29. The number of hydrogen-bond donors (Lipinski definition) is 0. The van der Waals surface area contributed by atoms with Crippen molar-refractivity contribution in [2.75, 3.05) is 12.9 Å². The van der Waals surface area contributed by atoms with E-state index in [1.165, 1.54) is 11.3 Å². The minimum Gasteiger partial charge on any atom is -0.497 e. The minimum absolute atomic E-state index is 0.0755. The van der Waals surface area contributed by atoms with Gasteiger partial charge in [0.05, 0.1) is 7.11 Å². The predicted molar refractivity (Wildman–Crippen MR) is 117 cm³/mol. The molecule has 2 heterocycles. The van der Waals surface area contributed by atoms with Gasteiger partial charge in [-0.2, -0.15) is 0 Å². The maximum atomic E-state index is 11.9. The molecule has 0 aliphatic carbocycles. The second-order valence-electron chi connectivity index (χ2n) is 6.35. The Morgan fingerprint density at radius 3 is 2.48 bits per heavy atom. The normalized spacial score (nSPS) is 11.0. The van der Waals surface area contributed by atoms with E-state index >= 15 is 0 Å². The number of aryl methyl sites for hydroxylation is 1. The monoisotopic (exact) mass is 424 g/mol. The highest BCUT2D eigenvalue weighted by atomic mass is 32.2. The van der Waals surface area contributed by atoms with Crippen LogP contribution in [0.3, 0.4) is 0 Å². The topological polar surface area (TPSA) is 61.9 Å². The fourth-order valence-electron chi connectivity index (χ4n) is 3.00. The largest absolute Gasteiger partial charge is 0.497 e. The van der Waals surface area contributed by atoms with E-state index in [0.717, 1.165) is 39.4 Å². The van der Waals surface area contributed by atoms with Crippen LogP contribution in [0.5, 0.6) is 5.75 Å². The van der Waals surface area contributed by atoms with Crippen molar-refractivity contribution in [3.63, 3.8) is 0 Å². The zero-order valence-corrected chi connectivity index (χ0v) is 17.7. The van der Waals surface area contributed by atoms with Crippen LogP contribution in [0.4, 0.5) is 0 Å². The van der Waals surface area contributed by atoms with Crippen LogP contribution in [0.25, 0.3) is 17.1 Å². The Hall–Kier alpha value is -2.84. The summed E-state index contributed by atoms with van der Waals surface area (Å²) in [6.07, 6.45) is 0. The van der Waals surface area contributed by atoms with Crippen molar-refractivity contribution in [1.82, 2.24) is 19.3 Å². The molecule has 2 aromatic carbocycles. The average molecular weight is 425 g/mol. The Morgan fingerprint density at radius 2 is 1.83 bits per heavy atom. The molecule has 8 heteroatoms. The zero-order chi connectivity index (χ0) is 20.2. The molecule has 0 saturated carbocycles. The molecule has 2 aromatic heterocycles. The van der Waals surface area contributed by atoms with Crippen LogP contribution in [0.2, 0.25) is 0 Å². The van der Waals surface area contributed by atoms with E-state index in [-0.39, 0.29) is 4.87 Å². The van der Waals surface area contributed by atoms with Crippen molar-refractivity contribution < 1.29 is 4.74 Å². The van der Waals surface area contributed by atoms with Crippen LogP contribution >= 0.6 is 23.1 Å². The van der Waals surface area contributed by atoms with Crippen molar-refractivity contribution in [3.05, 3.63) is 75.3 Å². The summed E-state index contributed by atoms with van der Waals surface area (Å²) in [7, 11) is 1.65. The quantitative estimate of drug-likeness (QED) is 0.415. The molecule has 0 amide bonds. The number of aromatic nitrogens is 4. The summed E-state index contributed by atoms with van der Waals surface area (Å²) in [5, 5.41) is 11.6. The fourth-order valence-corrected chi connectivity index (χ4v) is 4.64. The third-order valence-electron chi connectivity index (χ3n) is 4.52. The first-order valence-electron chi connectivity index (χ1n) is 9.10. The molecule has 0 spiro atoms. The van der Waals surface area contributed by atoms with Gasteiger partial charge < -0.3 is 9.30 Å². The lowest BCUT2D eigenvalue weighted by Crippen LogP contribution is -2.16. The number of benzene rings is 2. The summed E-state index contributed by atoms with van der Waals surface area (Å²) in [4.78, 5) is 12.0. The summed E-state index contributed by atoms with van der Waals surface area (Å²) in [6.45, 7) is 2.59. The number of methoxy groups -OCH3 is 1. The number of thiazole rings is 1. The molecule has 0 saturated heterocycles. The van der Waals surface area contributed by atoms with Gasteiger partial charge in [0.2, 0.25) is 0 Å². The van der Waals surface area contributed by atoms with Gasteiger partial charge in [0.15, 0.2) is 11.0 Å². The van der Waals surface area contributed by atoms with Gasteiger partial charge in [0, 0.05) is 34.6 Å². The molecule has 148 valence electrons. The van der Waals surface area contributed by atoms with Gasteiger partial charge in [0.25, 0.3) is 0 Å². The van der Waals surface area contributed by atoms with E-state index in [9.17, 15) is 4.79 Å². The zero-order valence-electron chi connectivity index (χ0n) is 16.1. The molecule has 4 aromatic rings. The number of hydrogen-bond acceptors (Lipinski definition) is 6. The lowest BCUT2D eigenvalue weighted by molar-refractivity contribution is 0.415. The van der Waals surface area contributed by atoms with Crippen molar-refractivity contribution in [2.24, 2.45) is 0 Å². The number of rotatable bonds is 7. The first-order chi connectivity index (χ1) is 14.2. The number of nitrogens with zero attached hydrogens (tertiary/aromatic N) is 4. The van der Waals surface area contributed by atoms with Crippen LogP contribution in [0, 0.1) is 6.92 Å². The standard InChI is InChI=1S/C21H20N4O2S2/c1-15-14-29-21(26)24(15)12-13-28-20-23-22-19(16-8-10-18(27-2)11-9-16)25(20)17-6-4-3-5-7-17/h3-11,14H,12-13H2,1-2H3.